The van der Waals surface area contributed by atoms with Gasteiger partial charge in [-0.2, -0.15) is 0 Å². The number of hydrogen-bond acceptors (Lipinski definition) is 9. The van der Waals surface area contributed by atoms with Gasteiger partial charge in [0.1, 0.15) is 23.9 Å². The van der Waals surface area contributed by atoms with E-state index >= 15 is 0 Å². The number of amides is 3. The zero-order chi connectivity index (χ0) is 31.8. The molecule has 0 saturated heterocycles. The van der Waals surface area contributed by atoms with Gasteiger partial charge >= 0.3 is 17.9 Å². The van der Waals surface area contributed by atoms with Crippen molar-refractivity contribution < 1.29 is 49.2 Å². The molecule has 0 saturated carbocycles. The van der Waals surface area contributed by atoms with Crippen molar-refractivity contribution in [3.8, 4) is 5.75 Å². The van der Waals surface area contributed by atoms with Gasteiger partial charge < -0.3 is 53.6 Å². The van der Waals surface area contributed by atoms with Crippen molar-refractivity contribution in [1.29, 1.82) is 0 Å². The number of rotatable bonds is 19. The van der Waals surface area contributed by atoms with E-state index in [0.717, 1.165) is 0 Å². The molecule has 0 aromatic heterocycles. The van der Waals surface area contributed by atoms with Gasteiger partial charge in [-0.3, -0.25) is 29.0 Å². The SMILES string of the molecule is NC(N)=NCCCC(N)C(=O)NC(CCC(=O)O)C(=O)NC(CCC(=O)O)C(=O)NC(Cc1ccc(O)cc1)C(=O)O. The van der Waals surface area contributed by atoms with Gasteiger partial charge in [0.25, 0.3) is 0 Å². The Morgan fingerprint density at radius 2 is 1.21 bits per heavy atom. The number of hydrogen-bond donors (Lipinski definition) is 10. The van der Waals surface area contributed by atoms with Gasteiger partial charge in [0.05, 0.1) is 6.04 Å². The van der Waals surface area contributed by atoms with E-state index in [1.54, 1.807) is 0 Å². The number of nitrogens with two attached hydrogens (primary N) is 3. The molecule has 4 unspecified atom stereocenters. The largest absolute Gasteiger partial charge is 0.508 e. The van der Waals surface area contributed by atoms with Crippen LogP contribution in [-0.2, 0) is 35.2 Å². The van der Waals surface area contributed by atoms with Crippen molar-refractivity contribution >= 4 is 41.6 Å². The quantitative estimate of drug-likeness (QED) is 0.0453. The predicted octanol–water partition coefficient (Wildman–Crippen LogP) is -2.42. The second-order valence-corrected chi connectivity index (χ2v) is 9.31. The summed E-state index contributed by atoms with van der Waals surface area (Å²) in [7, 11) is 0. The summed E-state index contributed by atoms with van der Waals surface area (Å²) in [6.07, 6.45) is -1.71. The van der Waals surface area contributed by atoms with Crippen molar-refractivity contribution in [3.63, 3.8) is 0 Å². The summed E-state index contributed by atoms with van der Waals surface area (Å²) in [5, 5.41) is 44.1. The highest BCUT2D eigenvalue weighted by Crippen LogP contribution is 2.12. The summed E-state index contributed by atoms with van der Waals surface area (Å²) in [6.45, 7) is 0.191. The first-order valence-corrected chi connectivity index (χ1v) is 12.9. The third-order valence-corrected chi connectivity index (χ3v) is 5.85. The van der Waals surface area contributed by atoms with Crippen LogP contribution in [-0.4, -0.2) is 92.7 Å². The van der Waals surface area contributed by atoms with Crippen LogP contribution in [0.3, 0.4) is 0 Å². The van der Waals surface area contributed by atoms with Crippen molar-refractivity contribution in [2.75, 3.05) is 6.54 Å². The zero-order valence-corrected chi connectivity index (χ0v) is 22.7. The molecule has 1 aromatic carbocycles. The molecular weight excluding hydrogens is 558 g/mol. The van der Waals surface area contributed by atoms with Crippen molar-refractivity contribution in [2.45, 2.75) is 69.1 Å². The van der Waals surface area contributed by atoms with Crippen LogP contribution in [0, 0.1) is 0 Å². The monoisotopic (exact) mass is 595 g/mol. The number of phenolic OH excluding ortho intramolecular Hbond substituents is 1. The summed E-state index contributed by atoms with van der Waals surface area (Å²) in [4.78, 5) is 76.6. The van der Waals surface area contributed by atoms with E-state index < -0.39 is 79.1 Å². The molecule has 0 fully saturated rings. The maximum atomic E-state index is 13.1. The first-order chi connectivity index (χ1) is 19.7. The number of benzene rings is 1. The van der Waals surface area contributed by atoms with Crippen molar-refractivity contribution in [1.82, 2.24) is 16.0 Å². The number of guanidine groups is 1. The molecule has 0 spiro atoms. The van der Waals surface area contributed by atoms with E-state index in [2.05, 4.69) is 20.9 Å². The van der Waals surface area contributed by atoms with Crippen molar-refractivity contribution in [2.24, 2.45) is 22.2 Å². The molecule has 4 atom stereocenters. The summed E-state index contributed by atoms with van der Waals surface area (Å²) < 4.78 is 0. The van der Waals surface area contributed by atoms with Crippen LogP contribution in [0.5, 0.6) is 5.75 Å². The number of aliphatic imine (C=N–C) groups is 1. The maximum absolute atomic E-state index is 13.1. The lowest BCUT2D eigenvalue weighted by molar-refractivity contribution is -0.143. The Bertz CT molecular complexity index is 1140. The van der Waals surface area contributed by atoms with E-state index in [1.807, 2.05) is 0 Å². The molecule has 1 aromatic rings. The highest BCUT2D eigenvalue weighted by Gasteiger charge is 2.31. The third kappa shape index (κ3) is 13.9. The van der Waals surface area contributed by atoms with Crippen molar-refractivity contribution in [3.05, 3.63) is 29.8 Å². The van der Waals surface area contributed by atoms with E-state index in [0.29, 0.717) is 12.0 Å². The minimum absolute atomic E-state index is 0.0532. The fraction of sp³-hybridized carbons (Fsp3) is 0.480. The lowest BCUT2D eigenvalue weighted by Gasteiger charge is -2.25. The fourth-order valence-corrected chi connectivity index (χ4v) is 3.61. The molecule has 0 bridgehead atoms. The Kier molecular flexibility index (Phi) is 14.8. The van der Waals surface area contributed by atoms with Gasteiger partial charge in [-0.15, -0.1) is 0 Å². The second kappa shape index (κ2) is 17.7. The molecule has 0 aliphatic rings. The van der Waals surface area contributed by atoms with Gasteiger partial charge in [-0.1, -0.05) is 12.1 Å². The number of carboxylic acid groups (broad SMARTS) is 3. The standard InChI is InChI=1S/C25H37N7O10/c26-15(2-1-11-29-25(27)28)21(38)30-16(7-9-19(34)35)22(39)31-17(8-10-20(36)37)23(40)32-18(24(41)42)12-13-3-5-14(33)6-4-13/h3-6,15-18,33H,1-2,7-12,26H2,(H,30,38)(H,31,39)(H,32,40)(H,34,35)(H,36,37)(H,41,42)(H4,27,28,29). The van der Waals surface area contributed by atoms with Gasteiger partial charge in [-0.25, -0.2) is 4.79 Å². The van der Waals surface area contributed by atoms with Crippen LogP contribution in [0.2, 0.25) is 0 Å². The third-order valence-electron chi connectivity index (χ3n) is 5.85. The van der Waals surface area contributed by atoms with Crippen LogP contribution in [0.25, 0.3) is 0 Å². The summed E-state index contributed by atoms with van der Waals surface area (Å²) >= 11 is 0. The van der Waals surface area contributed by atoms with Crippen LogP contribution < -0.4 is 33.2 Å². The lowest BCUT2D eigenvalue weighted by atomic mass is 10.0. The Balaban J connectivity index is 3.03. The topological polar surface area (TPSA) is 310 Å². The lowest BCUT2D eigenvalue weighted by Crippen LogP contribution is -2.57. The number of aliphatic carboxylic acids is 3. The molecule has 42 heavy (non-hydrogen) atoms. The highest BCUT2D eigenvalue weighted by atomic mass is 16.4. The van der Waals surface area contributed by atoms with Crippen LogP contribution in [0.15, 0.2) is 29.3 Å². The molecule has 232 valence electrons. The fourth-order valence-electron chi connectivity index (χ4n) is 3.61. The summed E-state index contributed by atoms with van der Waals surface area (Å²) in [5.41, 5.74) is 16.8. The first-order valence-electron chi connectivity index (χ1n) is 12.9. The second-order valence-electron chi connectivity index (χ2n) is 9.31. The van der Waals surface area contributed by atoms with Crippen LogP contribution in [0.4, 0.5) is 0 Å². The minimum atomic E-state index is -1.55. The Labute approximate surface area is 240 Å². The number of carbonyl (C=O) groups is 6. The summed E-state index contributed by atoms with van der Waals surface area (Å²) in [5.74, 6) is -7.01. The van der Waals surface area contributed by atoms with Gasteiger partial charge in [0.2, 0.25) is 17.7 Å². The Morgan fingerprint density at radius 3 is 1.67 bits per heavy atom. The number of nitrogens with one attached hydrogen (secondary N) is 3. The van der Waals surface area contributed by atoms with E-state index in [9.17, 15) is 39.0 Å². The first kappa shape index (κ1) is 35.1. The molecule has 0 aliphatic carbocycles. The Morgan fingerprint density at radius 1 is 0.738 bits per heavy atom. The van der Waals surface area contributed by atoms with Crippen LogP contribution >= 0.6 is 0 Å². The average Bonchev–Trinajstić information content (AvgIpc) is 2.91. The van der Waals surface area contributed by atoms with E-state index in [1.165, 1.54) is 24.3 Å². The highest BCUT2D eigenvalue weighted by molar-refractivity contribution is 5.94. The molecule has 0 heterocycles. The normalized spacial score (nSPS) is 13.5. The van der Waals surface area contributed by atoms with Gasteiger partial charge in [-0.05, 0) is 43.4 Å². The van der Waals surface area contributed by atoms with E-state index in [-0.39, 0.29) is 37.5 Å². The summed E-state index contributed by atoms with van der Waals surface area (Å²) in [6, 6.07) is -0.0593. The molecule has 1 rings (SSSR count). The molecule has 3 amide bonds. The number of carbonyl (C=O) groups excluding carboxylic acids is 3. The number of nitrogens with zero attached hydrogens (tertiary/aromatic N) is 1. The molecule has 17 nitrogen and oxygen atoms in total. The molecular formula is C25H37N7O10. The molecule has 13 N–H and O–H groups in total. The number of carboxylic acids is 3. The Hall–Kier alpha value is -4.93. The maximum Gasteiger partial charge on any atom is 0.326 e. The molecule has 0 aliphatic heterocycles. The van der Waals surface area contributed by atoms with Gasteiger partial charge in [0.15, 0.2) is 5.96 Å². The van der Waals surface area contributed by atoms with Crippen LogP contribution in [0.1, 0.15) is 44.1 Å². The predicted molar refractivity (Wildman–Crippen MR) is 147 cm³/mol. The molecule has 0 radical (unpaired) electrons. The number of phenols is 1. The minimum Gasteiger partial charge on any atom is -0.508 e. The smallest absolute Gasteiger partial charge is 0.326 e. The number of aromatic hydroxyl groups is 1. The zero-order valence-electron chi connectivity index (χ0n) is 22.7. The van der Waals surface area contributed by atoms with E-state index in [4.69, 9.17) is 27.4 Å². The van der Waals surface area contributed by atoms with Gasteiger partial charge in [0, 0.05) is 25.8 Å². The molecule has 17 heteroatoms. The average molecular weight is 596 g/mol.